The molecule has 1 aromatic carbocycles. The van der Waals surface area contributed by atoms with E-state index in [1.165, 1.54) is 38.5 Å². The zero-order valence-electron chi connectivity index (χ0n) is 17.5. The van der Waals surface area contributed by atoms with Crippen LogP contribution >= 0.6 is 11.6 Å². The summed E-state index contributed by atoms with van der Waals surface area (Å²) in [6, 6.07) is 9.31. The summed E-state index contributed by atoms with van der Waals surface area (Å²) in [5, 5.41) is 8.23. The highest BCUT2D eigenvalue weighted by atomic mass is 35.5. The van der Waals surface area contributed by atoms with Crippen molar-refractivity contribution in [2.75, 3.05) is 0 Å². The van der Waals surface area contributed by atoms with E-state index in [1.807, 2.05) is 18.2 Å². The van der Waals surface area contributed by atoms with Crippen LogP contribution in [0.15, 0.2) is 36.5 Å². The highest BCUT2D eigenvalue weighted by Crippen LogP contribution is 2.61. The van der Waals surface area contributed by atoms with Crippen molar-refractivity contribution in [3.05, 3.63) is 47.2 Å². The summed E-state index contributed by atoms with van der Waals surface area (Å²) >= 11 is 6.17. The molecule has 1 unspecified atom stereocenters. The SMILES string of the molecule is CCC(NC(=O)c1ccnn1COc1ccccc1Cl)C12CC3CC(CC(C3)C1)C2. The van der Waals surface area contributed by atoms with Crippen molar-refractivity contribution in [2.24, 2.45) is 23.2 Å². The highest BCUT2D eigenvalue weighted by Gasteiger charge is 2.54. The van der Waals surface area contributed by atoms with E-state index in [9.17, 15) is 4.79 Å². The number of carbonyl (C=O) groups excluding carboxylic acids is 1. The average molecular weight is 428 g/mol. The first-order chi connectivity index (χ1) is 14.6. The molecule has 4 aliphatic rings. The van der Waals surface area contributed by atoms with Crippen LogP contribution in [0.1, 0.15) is 62.4 Å². The Morgan fingerprint density at radius 2 is 1.87 bits per heavy atom. The standard InChI is InChI=1S/C24H30ClN3O2/c1-2-22(24-12-16-9-17(13-24)11-18(10-16)14-24)27-23(29)20-7-8-26-28(20)15-30-21-6-4-3-5-19(21)25/h3-8,16-18,22H,2,9-15H2,1H3,(H,27,29). The lowest BCUT2D eigenvalue weighted by atomic mass is 9.47. The molecule has 1 amide bonds. The van der Waals surface area contributed by atoms with Crippen LogP contribution in [-0.4, -0.2) is 21.7 Å². The van der Waals surface area contributed by atoms with Crippen LogP contribution in [0.4, 0.5) is 0 Å². The van der Waals surface area contributed by atoms with Crippen LogP contribution < -0.4 is 10.1 Å². The van der Waals surface area contributed by atoms with Gasteiger partial charge in [0.1, 0.15) is 11.4 Å². The lowest BCUT2D eigenvalue weighted by Crippen LogP contribution is -2.56. The van der Waals surface area contributed by atoms with E-state index >= 15 is 0 Å². The molecule has 4 aliphatic carbocycles. The summed E-state index contributed by atoms with van der Waals surface area (Å²) in [7, 11) is 0. The molecule has 0 aliphatic heterocycles. The van der Waals surface area contributed by atoms with Crippen molar-refractivity contribution >= 4 is 17.5 Å². The van der Waals surface area contributed by atoms with Gasteiger partial charge in [-0.3, -0.25) is 4.79 Å². The Hall–Kier alpha value is -2.01. The molecule has 0 radical (unpaired) electrons. The molecule has 0 saturated heterocycles. The predicted molar refractivity (Wildman–Crippen MR) is 116 cm³/mol. The van der Waals surface area contributed by atoms with Crippen molar-refractivity contribution in [1.82, 2.24) is 15.1 Å². The minimum absolute atomic E-state index is 0.0575. The minimum Gasteiger partial charge on any atom is -0.470 e. The van der Waals surface area contributed by atoms with E-state index < -0.39 is 0 Å². The van der Waals surface area contributed by atoms with Crippen molar-refractivity contribution in [3.63, 3.8) is 0 Å². The molecule has 6 heteroatoms. The Balaban J connectivity index is 1.29. The second-order valence-corrected chi connectivity index (χ2v) is 10.0. The molecule has 1 aromatic heterocycles. The third-order valence-electron chi connectivity index (χ3n) is 7.67. The monoisotopic (exact) mass is 427 g/mol. The molecule has 4 saturated carbocycles. The van der Waals surface area contributed by atoms with Gasteiger partial charge in [0.15, 0.2) is 6.73 Å². The number of hydrogen-bond acceptors (Lipinski definition) is 3. The van der Waals surface area contributed by atoms with Gasteiger partial charge in [0.05, 0.1) is 5.02 Å². The Labute approximate surface area is 183 Å². The van der Waals surface area contributed by atoms with Gasteiger partial charge >= 0.3 is 0 Å². The quantitative estimate of drug-likeness (QED) is 0.652. The number of carbonyl (C=O) groups is 1. The third-order valence-corrected chi connectivity index (χ3v) is 7.98. The number of aromatic nitrogens is 2. The van der Waals surface area contributed by atoms with Crippen LogP contribution in [-0.2, 0) is 6.73 Å². The molecule has 160 valence electrons. The zero-order chi connectivity index (χ0) is 20.7. The summed E-state index contributed by atoms with van der Waals surface area (Å²) in [5.41, 5.74) is 0.822. The molecule has 1 heterocycles. The fraction of sp³-hybridized carbons (Fsp3) is 0.583. The van der Waals surface area contributed by atoms with Gasteiger partial charge in [-0.15, -0.1) is 0 Å². The van der Waals surface area contributed by atoms with Crippen molar-refractivity contribution in [1.29, 1.82) is 0 Å². The molecule has 0 spiro atoms. The fourth-order valence-corrected chi connectivity index (χ4v) is 7.04. The first-order valence-electron chi connectivity index (χ1n) is 11.3. The van der Waals surface area contributed by atoms with Crippen molar-refractivity contribution < 1.29 is 9.53 Å². The molecule has 4 bridgehead atoms. The van der Waals surface area contributed by atoms with E-state index in [-0.39, 0.29) is 24.1 Å². The van der Waals surface area contributed by atoms with Crippen LogP contribution in [0.25, 0.3) is 0 Å². The molecule has 1 N–H and O–H groups in total. The maximum Gasteiger partial charge on any atom is 0.269 e. The highest BCUT2D eigenvalue weighted by molar-refractivity contribution is 6.32. The summed E-state index contributed by atoms with van der Waals surface area (Å²) in [4.78, 5) is 13.2. The van der Waals surface area contributed by atoms with Gasteiger partial charge in [0.25, 0.3) is 5.91 Å². The summed E-state index contributed by atoms with van der Waals surface area (Å²) in [6.45, 7) is 2.36. The smallest absolute Gasteiger partial charge is 0.269 e. The molecular formula is C24H30ClN3O2. The summed E-state index contributed by atoms with van der Waals surface area (Å²) in [5.74, 6) is 3.14. The van der Waals surface area contributed by atoms with Gasteiger partial charge in [0.2, 0.25) is 0 Å². The van der Waals surface area contributed by atoms with Crippen LogP contribution in [0.3, 0.4) is 0 Å². The lowest BCUT2D eigenvalue weighted by molar-refractivity contribution is -0.0727. The minimum atomic E-state index is -0.0575. The predicted octanol–water partition coefficient (Wildman–Crippen LogP) is 5.30. The molecule has 30 heavy (non-hydrogen) atoms. The number of nitrogens with one attached hydrogen (secondary N) is 1. The average Bonchev–Trinajstić information content (AvgIpc) is 3.19. The topological polar surface area (TPSA) is 56.2 Å². The Morgan fingerprint density at radius 1 is 1.20 bits per heavy atom. The normalized spacial score (nSPS) is 30.3. The fourth-order valence-electron chi connectivity index (χ4n) is 6.85. The maximum atomic E-state index is 13.2. The number of benzene rings is 1. The second-order valence-electron chi connectivity index (χ2n) is 9.63. The van der Waals surface area contributed by atoms with Crippen LogP contribution in [0.2, 0.25) is 5.02 Å². The Kier molecular flexibility index (Phi) is 5.26. The molecular weight excluding hydrogens is 398 g/mol. The van der Waals surface area contributed by atoms with Gasteiger partial charge in [-0.25, -0.2) is 4.68 Å². The van der Waals surface area contributed by atoms with E-state index in [4.69, 9.17) is 16.3 Å². The molecule has 5 nitrogen and oxygen atoms in total. The molecule has 1 atom stereocenters. The molecule has 4 fully saturated rings. The van der Waals surface area contributed by atoms with Crippen LogP contribution in [0, 0.1) is 23.2 Å². The van der Waals surface area contributed by atoms with Gasteiger partial charge in [0, 0.05) is 12.2 Å². The van der Waals surface area contributed by atoms with Crippen molar-refractivity contribution in [3.8, 4) is 5.75 Å². The first-order valence-corrected chi connectivity index (χ1v) is 11.6. The van der Waals surface area contributed by atoms with Crippen LogP contribution in [0.5, 0.6) is 5.75 Å². The van der Waals surface area contributed by atoms with Gasteiger partial charge in [-0.05, 0) is 86.3 Å². The zero-order valence-corrected chi connectivity index (χ0v) is 18.3. The number of para-hydroxylation sites is 1. The molecule has 6 rings (SSSR count). The van der Waals surface area contributed by atoms with Crippen molar-refractivity contribution in [2.45, 2.75) is 64.6 Å². The van der Waals surface area contributed by atoms with E-state index in [0.717, 1.165) is 24.2 Å². The lowest BCUT2D eigenvalue weighted by Gasteiger charge is -2.59. The maximum absolute atomic E-state index is 13.2. The van der Waals surface area contributed by atoms with E-state index in [0.29, 0.717) is 16.5 Å². The third kappa shape index (κ3) is 3.62. The number of ether oxygens (including phenoxy) is 1. The first kappa shape index (κ1) is 19.9. The summed E-state index contributed by atoms with van der Waals surface area (Å²) in [6.07, 6.45) is 10.7. The number of halogens is 1. The number of rotatable bonds is 7. The Bertz CT molecular complexity index is 889. The summed E-state index contributed by atoms with van der Waals surface area (Å²) < 4.78 is 7.39. The largest absolute Gasteiger partial charge is 0.470 e. The number of hydrogen-bond donors (Lipinski definition) is 1. The second kappa shape index (κ2) is 7.92. The number of nitrogens with zero attached hydrogens (tertiary/aromatic N) is 2. The van der Waals surface area contributed by atoms with E-state index in [2.05, 4.69) is 17.3 Å². The van der Waals surface area contributed by atoms with Gasteiger partial charge in [-0.1, -0.05) is 30.7 Å². The van der Waals surface area contributed by atoms with E-state index in [1.54, 1.807) is 23.0 Å². The van der Waals surface area contributed by atoms with Gasteiger partial charge in [-0.2, -0.15) is 5.10 Å². The van der Waals surface area contributed by atoms with Gasteiger partial charge < -0.3 is 10.1 Å². The molecule has 2 aromatic rings. The number of amides is 1. The Morgan fingerprint density at radius 3 is 2.50 bits per heavy atom.